The van der Waals surface area contributed by atoms with Gasteiger partial charge in [-0.3, -0.25) is 4.90 Å². The molecule has 1 saturated heterocycles. The van der Waals surface area contributed by atoms with E-state index in [1.807, 2.05) is 0 Å². The summed E-state index contributed by atoms with van der Waals surface area (Å²) in [4.78, 5) is 2.36. The van der Waals surface area contributed by atoms with E-state index in [9.17, 15) is 0 Å². The average molecular weight is 279 g/mol. The molecule has 0 unspecified atom stereocenters. The van der Waals surface area contributed by atoms with Crippen molar-refractivity contribution in [2.75, 3.05) is 33.4 Å². The van der Waals surface area contributed by atoms with Crippen molar-refractivity contribution in [2.24, 2.45) is 10.9 Å². The van der Waals surface area contributed by atoms with Crippen LogP contribution in [0.25, 0.3) is 0 Å². The molecule has 0 aromatic heterocycles. The molecule has 3 N–H and O–H groups in total. The second kappa shape index (κ2) is 7.00. The molecule has 1 heterocycles. The monoisotopic (exact) mass is 279 g/mol. The van der Waals surface area contributed by atoms with Crippen LogP contribution in [0.4, 0.5) is 0 Å². The summed E-state index contributed by atoms with van der Waals surface area (Å²) in [5, 5.41) is 11.8. The number of ether oxygens (including phenoxy) is 2. The number of rotatable bonds is 6. The Morgan fingerprint density at radius 1 is 1.40 bits per heavy atom. The summed E-state index contributed by atoms with van der Waals surface area (Å²) in [6, 6.07) is 5.22. The molecular weight excluding hydrogens is 258 g/mol. The van der Waals surface area contributed by atoms with Gasteiger partial charge in [-0.15, -0.1) is 0 Å². The fourth-order valence-corrected chi connectivity index (χ4v) is 2.31. The molecule has 0 aliphatic carbocycles. The number of nitrogens with zero attached hydrogens (tertiary/aromatic N) is 2. The topological polar surface area (TPSA) is 80.3 Å². The Hall–Kier alpha value is -1.95. The summed E-state index contributed by atoms with van der Waals surface area (Å²) in [5.41, 5.74) is 6.21. The zero-order chi connectivity index (χ0) is 14.4. The minimum absolute atomic E-state index is 0.0313. The second-order valence-corrected chi connectivity index (χ2v) is 4.74. The van der Waals surface area contributed by atoms with Gasteiger partial charge < -0.3 is 20.4 Å². The number of hydrogen-bond acceptors (Lipinski definition) is 5. The van der Waals surface area contributed by atoms with Crippen LogP contribution in [-0.4, -0.2) is 49.3 Å². The Kier molecular flexibility index (Phi) is 5.06. The van der Waals surface area contributed by atoms with Crippen molar-refractivity contribution >= 4 is 5.84 Å². The second-order valence-electron chi connectivity index (χ2n) is 4.74. The molecule has 110 valence electrons. The number of nitrogens with two attached hydrogens (primary N) is 1. The third-order valence-corrected chi connectivity index (χ3v) is 3.44. The van der Waals surface area contributed by atoms with E-state index < -0.39 is 0 Å². The number of benzene rings is 1. The summed E-state index contributed by atoms with van der Waals surface area (Å²) < 4.78 is 10.9. The Morgan fingerprint density at radius 3 is 2.80 bits per heavy atom. The van der Waals surface area contributed by atoms with Gasteiger partial charge in [0.2, 0.25) is 0 Å². The standard InChI is InChI=1S/C14H21N3O3/c1-19-11-4-5-12(14(15)16-18)13(10-11)20-9-8-17-6-2-3-7-17/h4-5,10,18H,2-3,6-9H2,1H3,(H2,15,16). The van der Waals surface area contributed by atoms with E-state index in [2.05, 4.69) is 10.1 Å². The van der Waals surface area contributed by atoms with Crippen LogP contribution in [0.1, 0.15) is 18.4 Å². The van der Waals surface area contributed by atoms with Crippen LogP contribution in [0.5, 0.6) is 11.5 Å². The Labute approximate surface area is 118 Å². The highest BCUT2D eigenvalue weighted by molar-refractivity contribution is 5.99. The number of amidine groups is 1. The molecule has 0 bridgehead atoms. The predicted molar refractivity (Wildman–Crippen MR) is 76.7 cm³/mol. The highest BCUT2D eigenvalue weighted by atomic mass is 16.5. The number of methoxy groups -OCH3 is 1. The van der Waals surface area contributed by atoms with E-state index in [0.29, 0.717) is 23.7 Å². The van der Waals surface area contributed by atoms with Gasteiger partial charge in [-0.05, 0) is 38.1 Å². The van der Waals surface area contributed by atoms with Crippen molar-refractivity contribution in [3.05, 3.63) is 23.8 Å². The van der Waals surface area contributed by atoms with Crippen LogP contribution in [-0.2, 0) is 0 Å². The highest BCUT2D eigenvalue weighted by Crippen LogP contribution is 2.24. The van der Waals surface area contributed by atoms with Crippen LogP contribution in [0.3, 0.4) is 0 Å². The van der Waals surface area contributed by atoms with Gasteiger partial charge in [-0.2, -0.15) is 0 Å². The molecule has 1 aromatic rings. The van der Waals surface area contributed by atoms with Crippen molar-refractivity contribution in [2.45, 2.75) is 12.8 Å². The summed E-state index contributed by atoms with van der Waals surface area (Å²) in [7, 11) is 1.59. The van der Waals surface area contributed by atoms with Crippen LogP contribution < -0.4 is 15.2 Å². The van der Waals surface area contributed by atoms with Crippen molar-refractivity contribution < 1.29 is 14.7 Å². The van der Waals surface area contributed by atoms with E-state index in [0.717, 1.165) is 19.6 Å². The number of likely N-dealkylation sites (tertiary alicyclic amines) is 1. The lowest BCUT2D eigenvalue weighted by molar-refractivity contribution is 0.236. The molecule has 0 radical (unpaired) electrons. The molecule has 1 aliphatic heterocycles. The molecule has 0 amide bonds. The highest BCUT2D eigenvalue weighted by Gasteiger charge is 2.13. The molecular formula is C14H21N3O3. The van der Waals surface area contributed by atoms with Gasteiger partial charge in [-0.1, -0.05) is 5.16 Å². The van der Waals surface area contributed by atoms with Crippen molar-refractivity contribution in [3.8, 4) is 11.5 Å². The Morgan fingerprint density at radius 2 is 2.15 bits per heavy atom. The maximum atomic E-state index is 8.81. The van der Waals surface area contributed by atoms with Gasteiger partial charge >= 0.3 is 0 Å². The minimum atomic E-state index is 0.0313. The molecule has 1 aliphatic rings. The molecule has 6 heteroatoms. The molecule has 0 atom stereocenters. The van der Waals surface area contributed by atoms with Crippen LogP contribution >= 0.6 is 0 Å². The van der Waals surface area contributed by atoms with Crippen molar-refractivity contribution in [3.63, 3.8) is 0 Å². The third kappa shape index (κ3) is 3.54. The molecule has 1 fully saturated rings. The molecule has 20 heavy (non-hydrogen) atoms. The fourth-order valence-electron chi connectivity index (χ4n) is 2.31. The fraction of sp³-hybridized carbons (Fsp3) is 0.500. The van der Waals surface area contributed by atoms with Crippen LogP contribution in [0.15, 0.2) is 23.4 Å². The predicted octanol–water partition coefficient (Wildman–Crippen LogP) is 1.26. The van der Waals surface area contributed by atoms with Gasteiger partial charge in [0, 0.05) is 12.6 Å². The first kappa shape index (κ1) is 14.5. The average Bonchev–Trinajstić information content (AvgIpc) is 2.99. The number of oxime groups is 1. The SMILES string of the molecule is COc1ccc(/C(N)=N/O)c(OCCN2CCCC2)c1. The maximum Gasteiger partial charge on any atom is 0.173 e. The van der Waals surface area contributed by atoms with Crippen molar-refractivity contribution in [1.82, 2.24) is 4.90 Å². The van der Waals surface area contributed by atoms with E-state index >= 15 is 0 Å². The molecule has 0 spiro atoms. The summed E-state index contributed by atoms with van der Waals surface area (Å²) in [5.74, 6) is 1.28. The largest absolute Gasteiger partial charge is 0.497 e. The van der Waals surface area contributed by atoms with E-state index in [4.69, 9.17) is 20.4 Å². The molecule has 0 saturated carbocycles. The number of hydrogen-bond donors (Lipinski definition) is 2. The lowest BCUT2D eigenvalue weighted by Gasteiger charge is -2.16. The zero-order valence-corrected chi connectivity index (χ0v) is 11.7. The van der Waals surface area contributed by atoms with E-state index in [1.54, 1.807) is 25.3 Å². The first-order valence-corrected chi connectivity index (χ1v) is 6.75. The first-order chi connectivity index (χ1) is 9.74. The zero-order valence-electron chi connectivity index (χ0n) is 11.7. The Balaban J connectivity index is 2.03. The van der Waals surface area contributed by atoms with Gasteiger partial charge in [0.05, 0.1) is 12.7 Å². The van der Waals surface area contributed by atoms with Gasteiger partial charge in [0.1, 0.15) is 18.1 Å². The summed E-state index contributed by atoms with van der Waals surface area (Å²) >= 11 is 0. The van der Waals surface area contributed by atoms with E-state index in [1.165, 1.54) is 12.8 Å². The van der Waals surface area contributed by atoms with Crippen molar-refractivity contribution in [1.29, 1.82) is 0 Å². The van der Waals surface area contributed by atoms with E-state index in [-0.39, 0.29) is 5.84 Å². The summed E-state index contributed by atoms with van der Waals surface area (Å²) in [6.07, 6.45) is 2.52. The normalized spacial score (nSPS) is 16.4. The van der Waals surface area contributed by atoms with Gasteiger partial charge in [0.25, 0.3) is 0 Å². The maximum absolute atomic E-state index is 8.81. The lowest BCUT2D eigenvalue weighted by Crippen LogP contribution is -2.25. The third-order valence-electron chi connectivity index (χ3n) is 3.44. The molecule has 2 rings (SSSR count). The quantitative estimate of drug-likeness (QED) is 0.355. The smallest absolute Gasteiger partial charge is 0.173 e. The van der Waals surface area contributed by atoms with Gasteiger partial charge in [0.15, 0.2) is 5.84 Å². The summed E-state index contributed by atoms with van der Waals surface area (Å²) in [6.45, 7) is 3.72. The van der Waals surface area contributed by atoms with Crippen LogP contribution in [0, 0.1) is 0 Å². The minimum Gasteiger partial charge on any atom is -0.497 e. The van der Waals surface area contributed by atoms with Crippen LogP contribution in [0.2, 0.25) is 0 Å². The molecule has 1 aromatic carbocycles. The first-order valence-electron chi connectivity index (χ1n) is 6.75. The Bertz CT molecular complexity index is 471. The lowest BCUT2D eigenvalue weighted by atomic mass is 10.2. The molecule has 6 nitrogen and oxygen atoms in total. The van der Waals surface area contributed by atoms with Gasteiger partial charge in [-0.25, -0.2) is 0 Å².